The van der Waals surface area contributed by atoms with E-state index in [-0.39, 0.29) is 11.3 Å². The van der Waals surface area contributed by atoms with E-state index in [1.165, 1.54) is 27.3 Å². The molecule has 0 radical (unpaired) electrons. The summed E-state index contributed by atoms with van der Waals surface area (Å²) in [6.07, 6.45) is -10.0. The predicted octanol–water partition coefficient (Wildman–Crippen LogP) is 12.8. The molecule has 246 valence electrons. The number of aryl methyl sites for hydroxylation is 2. The molecule has 3 nitrogen and oxygen atoms in total. The lowest BCUT2D eigenvalue weighted by Crippen LogP contribution is -2.17. The van der Waals surface area contributed by atoms with Gasteiger partial charge in [0.25, 0.3) is 0 Å². The van der Waals surface area contributed by atoms with Gasteiger partial charge < -0.3 is 9.13 Å². The van der Waals surface area contributed by atoms with Crippen molar-refractivity contribution in [2.75, 3.05) is 0 Å². The molecule has 0 saturated heterocycles. The quantitative estimate of drug-likeness (QED) is 0.131. The van der Waals surface area contributed by atoms with E-state index in [4.69, 9.17) is 6.57 Å². The van der Waals surface area contributed by atoms with Crippen LogP contribution in [0.1, 0.15) is 22.3 Å². The van der Waals surface area contributed by atoms with Gasteiger partial charge in [-0.3, -0.25) is 0 Å². The minimum Gasteiger partial charge on any atom is -0.309 e. The van der Waals surface area contributed by atoms with E-state index in [2.05, 4.69) is 4.85 Å². The van der Waals surface area contributed by atoms with E-state index in [1.807, 2.05) is 44.2 Å². The second-order valence-electron chi connectivity index (χ2n) is 12.4. The summed E-state index contributed by atoms with van der Waals surface area (Å²) in [6.45, 7) is 11.6. The summed E-state index contributed by atoms with van der Waals surface area (Å²) in [5.41, 5.74) is -0.898. The summed E-state index contributed by atoms with van der Waals surface area (Å²) < 4.78 is 95.6. The Hall–Kier alpha value is -6.01. The zero-order chi connectivity index (χ0) is 35.1. The molecule has 9 heteroatoms. The van der Waals surface area contributed by atoms with Crippen LogP contribution in [0.2, 0.25) is 0 Å². The first kappa shape index (κ1) is 31.3. The minimum atomic E-state index is -5.07. The Kier molecular flexibility index (Phi) is 6.88. The number of alkyl halides is 6. The van der Waals surface area contributed by atoms with Crippen molar-refractivity contribution in [2.24, 2.45) is 0 Å². The minimum absolute atomic E-state index is 0.252. The van der Waals surface area contributed by atoms with E-state index in [0.29, 0.717) is 32.8 Å². The second kappa shape index (κ2) is 11.0. The Labute approximate surface area is 282 Å². The van der Waals surface area contributed by atoms with Gasteiger partial charge in [0.05, 0.1) is 45.6 Å². The first-order valence-electron chi connectivity index (χ1n) is 15.7. The van der Waals surface area contributed by atoms with Gasteiger partial charge in [0.2, 0.25) is 0 Å². The first-order chi connectivity index (χ1) is 23.9. The summed E-state index contributed by atoms with van der Waals surface area (Å²) in [5, 5.41) is 2.75. The van der Waals surface area contributed by atoms with Gasteiger partial charge in [-0.05, 0) is 61.9 Å². The van der Waals surface area contributed by atoms with Crippen molar-refractivity contribution >= 4 is 49.3 Å². The Balaban J connectivity index is 1.65. The van der Waals surface area contributed by atoms with Crippen molar-refractivity contribution in [1.29, 1.82) is 0 Å². The van der Waals surface area contributed by atoms with Crippen molar-refractivity contribution in [3.05, 3.63) is 149 Å². The standard InChI is InChI=1S/C41H25F6N3/c1-23-15-18-34-28(21-23)25-9-4-6-13-32(25)49(34)36-20-17-27(37-30(40(42,43)44)11-8-12-31(37)48-3)39(38(36)41(45,46)47)50-33-14-7-5-10-26(33)29-22-24(2)16-19-35(29)50/h4-22H,1-2H3. The third kappa shape index (κ3) is 4.66. The summed E-state index contributed by atoms with van der Waals surface area (Å²) in [7, 11) is 0. The van der Waals surface area contributed by atoms with Gasteiger partial charge in [-0.25, -0.2) is 4.85 Å². The smallest absolute Gasteiger partial charge is 0.309 e. The van der Waals surface area contributed by atoms with Crippen molar-refractivity contribution < 1.29 is 26.3 Å². The zero-order valence-electron chi connectivity index (χ0n) is 26.6. The Morgan fingerprint density at radius 2 is 1.08 bits per heavy atom. The highest BCUT2D eigenvalue weighted by molar-refractivity contribution is 6.12. The predicted molar refractivity (Wildman–Crippen MR) is 186 cm³/mol. The Morgan fingerprint density at radius 3 is 1.64 bits per heavy atom. The number of rotatable bonds is 3. The zero-order valence-corrected chi connectivity index (χ0v) is 26.6. The van der Waals surface area contributed by atoms with Crippen LogP contribution in [-0.2, 0) is 12.4 Å². The van der Waals surface area contributed by atoms with Gasteiger partial charge in [-0.1, -0.05) is 83.9 Å². The lowest BCUT2D eigenvalue weighted by atomic mass is 9.92. The van der Waals surface area contributed by atoms with E-state index < -0.39 is 40.4 Å². The molecule has 0 amide bonds. The number of nitrogens with zero attached hydrogens (tertiary/aromatic N) is 3. The molecule has 0 N–H and O–H groups in total. The fourth-order valence-electron chi connectivity index (χ4n) is 7.31. The number of hydrogen-bond acceptors (Lipinski definition) is 0. The molecule has 50 heavy (non-hydrogen) atoms. The van der Waals surface area contributed by atoms with Crippen LogP contribution in [0.4, 0.5) is 32.0 Å². The van der Waals surface area contributed by atoms with E-state index >= 15 is 13.2 Å². The molecule has 0 spiro atoms. The highest BCUT2D eigenvalue weighted by Gasteiger charge is 2.42. The van der Waals surface area contributed by atoms with Crippen LogP contribution in [0.15, 0.2) is 115 Å². The molecule has 6 aromatic carbocycles. The average Bonchev–Trinajstić information content (AvgIpc) is 3.58. The lowest BCUT2D eigenvalue weighted by Gasteiger charge is -2.26. The van der Waals surface area contributed by atoms with Crippen LogP contribution < -0.4 is 0 Å². The summed E-state index contributed by atoms with van der Waals surface area (Å²) in [6, 6.07) is 30.5. The van der Waals surface area contributed by atoms with Gasteiger partial charge in [-0.2, -0.15) is 26.3 Å². The number of fused-ring (bicyclic) bond motifs is 6. The number of benzene rings is 6. The highest BCUT2D eigenvalue weighted by atomic mass is 19.4. The molecular weight excluding hydrogens is 648 g/mol. The molecule has 0 bridgehead atoms. The van der Waals surface area contributed by atoms with Crippen molar-refractivity contribution in [1.82, 2.24) is 9.13 Å². The van der Waals surface area contributed by atoms with E-state index in [0.717, 1.165) is 34.0 Å². The van der Waals surface area contributed by atoms with Crippen LogP contribution in [0.5, 0.6) is 0 Å². The first-order valence-corrected chi connectivity index (χ1v) is 15.7. The van der Waals surface area contributed by atoms with Crippen LogP contribution in [-0.4, -0.2) is 9.13 Å². The third-order valence-corrected chi connectivity index (χ3v) is 9.30. The topological polar surface area (TPSA) is 14.2 Å². The van der Waals surface area contributed by atoms with E-state index in [1.54, 1.807) is 54.6 Å². The average molecular weight is 674 g/mol. The maximum absolute atomic E-state index is 16.1. The molecule has 0 aliphatic rings. The van der Waals surface area contributed by atoms with Gasteiger partial charge in [0.1, 0.15) is 5.56 Å². The maximum Gasteiger partial charge on any atom is 0.420 e. The maximum atomic E-state index is 16.1. The lowest BCUT2D eigenvalue weighted by molar-refractivity contribution is -0.137. The molecule has 2 heterocycles. The monoisotopic (exact) mass is 673 g/mol. The van der Waals surface area contributed by atoms with Gasteiger partial charge in [0, 0.05) is 27.1 Å². The summed E-state index contributed by atoms with van der Waals surface area (Å²) >= 11 is 0. The Morgan fingerprint density at radius 1 is 0.540 bits per heavy atom. The Bertz CT molecular complexity index is 2720. The van der Waals surface area contributed by atoms with Crippen LogP contribution in [0.25, 0.3) is 71.0 Å². The normalized spacial score (nSPS) is 12.4. The van der Waals surface area contributed by atoms with Gasteiger partial charge in [0.15, 0.2) is 5.69 Å². The number of hydrogen-bond donors (Lipinski definition) is 0. The molecule has 8 aromatic rings. The molecule has 8 rings (SSSR count). The molecular formula is C41H25F6N3. The SMILES string of the molecule is [C-]#[N+]c1cccc(C(F)(F)F)c1-c1ccc(-n2c3ccccc3c3cc(C)ccc32)c(C(F)(F)F)c1-n1c2ccccc2c2cc(C)ccc21. The van der Waals surface area contributed by atoms with Crippen LogP contribution in [0.3, 0.4) is 0 Å². The highest BCUT2D eigenvalue weighted by Crippen LogP contribution is 2.51. The molecule has 0 fully saturated rings. The van der Waals surface area contributed by atoms with Crippen molar-refractivity contribution in [2.45, 2.75) is 26.2 Å². The molecule has 0 atom stereocenters. The van der Waals surface area contributed by atoms with Crippen LogP contribution in [0, 0.1) is 20.4 Å². The van der Waals surface area contributed by atoms with Gasteiger partial charge in [-0.15, -0.1) is 0 Å². The fourth-order valence-corrected chi connectivity index (χ4v) is 7.31. The summed E-state index contributed by atoms with van der Waals surface area (Å²) in [5.74, 6) is 0. The number of halogens is 6. The molecule has 0 unspecified atom stereocenters. The molecule has 2 aromatic heterocycles. The number of aromatic nitrogens is 2. The van der Waals surface area contributed by atoms with E-state index in [9.17, 15) is 13.2 Å². The van der Waals surface area contributed by atoms with Gasteiger partial charge >= 0.3 is 12.4 Å². The fraction of sp³-hybridized carbons (Fsp3) is 0.0976. The molecule has 0 aliphatic carbocycles. The van der Waals surface area contributed by atoms with Crippen molar-refractivity contribution in [3.63, 3.8) is 0 Å². The van der Waals surface area contributed by atoms with Crippen molar-refractivity contribution in [3.8, 4) is 22.5 Å². The molecule has 0 saturated carbocycles. The third-order valence-electron chi connectivity index (χ3n) is 9.30. The molecule has 0 aliphatic heterocycles. The second-order valence-corrected chi connectivity index (χ2v) is 12.4. The summed E-state index contributed by atoms with van der Waals surface area (Å²) in [4.78, 5) is 3.39. The van der Waals surface area contributed by atoms with Crippen LogP contribution >= 0.6 is 0 Å². The largest absolute Gasteiger partial charge is 0.420 e. The number of para-hydroxylation sites is 2.